The summed E-state index contributed by atoms with van der Waals surface area (Å²) < 4.78 is 5.68. The standard InChI is InChI=1S/C11H20N6O/c1-2-17-3-4-18-8(7-17)6-14-10-5-9(12)15-11(13)16-10/h5,8H,2-4,6-7H2,1H3,(H5,12,13,14,15,16). The van der Waals surface area contributed by atoms with E-state index in [0.29, 0.717) is 18.2 Å². The second-order valence-electron chi connectivity index (χ2n) is 4.30. The van der Waals surface area contributed by atoms with Crippen LogP contribution in [-0.4, -0.2) is 53.8 Å². The quantitative estimate of drug-likeness (QED) is 0.680. The highest BCUT2D eigenvalue weighted by Gasteiger charge is 2.19. The molecule has 1 aliphatic rings. The topological polar surface area (TPSA) is 102 Å². The van der Waals surface area contributed by atoms with Crippen LogP contribution in [0.15, 0.2) is 6.07 Å². The van der Waals surface area contributed by atoms with Gasteiger partial charge in [-0.2, -0.15) is 9.97 Å². The lowest BCUT2D eigenvalue weighted by molar-refractivity contribution is -0.0192. The maximum Gasteiger partial charge on any atom is 0.223 e. The molecule has 0 bridgehead atoms. The first-order valence-electron chi connectivity index (χ1n) is 6.15. The molecule has 0 aromatic carbocycles. The minimum Gasteiger partial charge on any atom is -0.383 e. The van der Waals surface area contributed by atoms with Crippen LogP contribution in [0.2, 0.25) is 0 Å². The molecule has 100 valence electrons. The van der Waals surface area contributed by atoms with Gasteiger partial charge in [-0.15, -0.1) is 0 Å². The monoisotopic (exact) mass is 252 g/mol. The van der Waals surface area contributed by atoms with E-state index in [1.165, 1.54) is 0 Å². The van der Waals surface area contributed by atoms with Crippen molar-refractivity contribution in [3.63, 3.8) is 0 Å². The molecule has 7 nitrogen and oxygen atoms in total. The first kappa shape index (κ1) is 12.8. The van der Waals surface area contributed by atoms with E-state index in [-0.39, 0.29) is 12.1 Å². The number of nitrogens with two attached hydrogens (primary N) is 2. The Morgan fingerprint density at radius 2 is 2.33 bits per heavy atom. The highest BCUT2D eigenvalue weighted by molar-refractivity contribution is 5.48. The summed E-state index contributed by atoms with van der Waals surface area (Å²) in [5.74, 6) is 1.18. The molecule has 1 unspecified atom stereocenters. The van der Waals surface area contributed by atoms with E-state index in [2.05, 4.69) is 27.1 Å². The van der Waals surface area contributed by atoms with E-state index < -0.39 is 0 Å². The first-order valence-corrected chi connectivity index (χ1v) is 6.15. The van der Waals surface area contributed by atoms with Crippen LogP contribution in [-0.2, 0) is 4.74 Å². The Labute approximate surface area is 107 Å². The number of ether oxygens (including phenoxy) is 1. The van der Waals surface area contributed by atoms with Crippen LogP contribution in [0.3, 0.4) is 0 Å². The van der Waals surface area contributed by atoms with E-state index in [0.717, 1.165) is 26.2 Å². The number of nitrogens with zero attached hydrogens (tertiary/aromatic N) is 3. The molecule has 0 spiro atoms. The first-order chi connectivity index (χ1) is 8.67. The number of likely N-dealkylation sites (N-methyl/N-ethyl adjacent to an activating group) is 1. The Balaban J connectivity index is 1.87. The highest BCUT2D eigenvalue weighted by atomic mass is 16.5. The minimum atomic E-state index is 0.163. The van der Waals surface area contributed by atoms with E-state index in [9.17, 15) is 0 Å². The number of anilines is 3. The van der Waals surface area contributed by atoms with Gasteiger partial charge in [0.2, 0.25) is 5.95 Å². The average molecular weight is 252 g/mol. The Kier molecular flexibility index (Phi) is 4.16. The zero-order valence-corrected chi connectivity index (χ0v) is 10.6. The van der Waals surface area contributed by atoms with Crippen LogP contribution in [0.1, 0.15) is 6.92 Å². The van der Waals surface area contributed by atoms with Crippen LogP contribution < -0.4 is 16.8 Å². The highest BCUT2D eigenvalue weighted by Crippen LogP contribution is 2.11. The molecular formula is C11H20N6O. The van der Waals surface area contributed by atoms with E-state index in [1.807, 2.05) is 0 Å². The largest absolute Gasteiger partial charge is 0.383 e. The molecular weight excluding hydrogens is 232 g/mol. The van der Waals surface area contributed by atoms with Gasteiger partial charge in [-0.1, -0.05) is 6.92 Å². The molecule has 0 radical (unpaired) electrons. The number of nitrogen functional groups attached to an aromatic ring is 2. The van der Waals surface area contributed by atoms with Gasteiger partial charge in [-0.05, 0) is 6.54 Å². The lowest BCUT2D eigenvalue weighted by Gasteiger charge is -2.32. The lowest BCUT2D eigenvalue weighted by atomic mass is 10.2. The normalized spacial score (nSPS) is 20.8. The van der Waals surface area contributed by atoms with E-state index in [4.69, 9.17) is 16.2 Å². The summed E-state index contributed by atoms with van der Waals surface area (Å²) in [5, 5.41) is 3.18. The zero-order valence-electron chi connectivity index (χ0n) is 10.6. The van der Waals surface area contributed by atoms with E-state index in [1.54, 1.807) is 6.07 Å². The van der Waals surface area contributed by atoms with Crippen LogP contribution in [0.4, 0.5) is 17.6 Å². The number of aromatic nitrogens is 2. The molecule has 18 heavy (non-hydrogen) atoms. The third-order valence-electron chi connectivity index (χ3n) is 2.94. The minimum absolute atomic E-state index is 0.163. The van der Waals surface area contributed by atoms with Crippen molar-refractivity contribution >= 4 is 17.6 Å². The van der Waals surface area contributed by atoms with Gasteiger partial charge in [0.1, 0.15) is 11.6 Å². The number of morpholine rings is 1. The van der Waals surface area contributed by atoms with Gasteiger partial charge < -0.3 is 21.5 Å². The Morgan fingerprint density at radius 1 is 1.50 bits per heavy atom. The molecule has 0 amide bonds. The van der Waals surface area contributed by atoms with Crippen molar-refractivity contribution in [2.75, 3.05) is 49.6 Å². The Bertz CT molecular complexity index is 379. The van der Waals surface area contributed by atoms with Gasteiger partial charge in [0, 0.05) is 25.7 Å². The Morgan fingerprint density at radius 3 is 3.06 bits per heavy atom. The second-order valence-corrected chi connectivity index (χ2v) is 4.30. The molecule has 1 saturated heterocycles. The molecule has 7 heteroatoms. The molecule has 0 aliphatic carbocycles. The third kappa shape index (κ3) is 3.44. The summed E-state index contributed by atoms with van der Waals surface area (Å²) in [4.78, 5) is 10.2. The van der Waals surface area contributed by atoms with Crippen molar-refractivity contribution in [2.24, 2.45) is 0 Å². The summed E-state index contributed by atoms with van der Waals surface area (Å²) in [6.07, 6.45) is 0.163. The van der Waals surface area contributed by atoms with Gasteiger partial charge in [0.25, 0.3) is 0 Å². The van der Waals surface area contributed by atoms with Gasteiger partial charge in [-0.25, -0.2) is 0 Å². The summed E-state index contributed by atoms with van der Waals surface area (Å²) in [7, 11) is 0. The van der Waals surface area contributed by atoms with Crippen LogP contribution in [0, 0.1) is 0 Å². The van der Waals surface area contributed by atoms with Crippen LogP contribution >= 0.6 is 0 Å². The van der Waals surface area contributed by atoms with Crippen LogP contribution in [0.5, 0.6) is 0 Å². The predicted octanol–water partition coefficient (Wildman–Crippen LogP) is -0.226. The summed E-state index contributed by atoms with van der Waals surface area (Å²) in [5.41, 5.74) is 11.1. The number of hydrogen-bond donors (Lipinski definition) is 3. The van der Waals surface area contributed by atoms with Gasteiger partial charge in [0.05, 0.1) is 12.7 Å². The van der Waals surface area contributed by atoms with Crippen molar-refractivity contribution in [3.05, 3.63) is 6.07 Å². The van der Waals surface area contributed by atoms with Crippen molar-refractivity contribution in [3.8, 4) is 0 Å². The SMILES string of the molecule is CCN1CCOC(CNc2cc(N)nc(N)n2)C1. The molecule has 1 aliphatic heterocycles. The van der Waals surface area contributed by atoms with Gasteiger partial charge >= 0.3 is 0 Å². The van der Waals surface area contributed by atoms with Crippen LogP contribution in [0.25, 0.3) is 0 Å². The fourth-order valence-corrected chi connectivity index (χ4v) is 1.99. The maximum absolute atomic E-state index is 5.68. The summed E-state index contributed by atoms with van der Waals surface area (Å²) in [6, 6.07) is 1.66. The molecule has 1 fully saturated rings. The smallest absolute Gasteiger partial charge is 0.223 e. The van der Waals surface area contributed by atoms with Crippen molar-refractivity contribution in [1.82, 2.24) is 14.9 Å². The fraction of sp³-hybridized carbons (Fsp3) is 0.636. The molecule has 1 aromatic heterocycles. The van der Waals surface area contributed by atoms with Gasteiger partial charge in [0.15, 0.2) is 0 Å². The zero-order chi connectivity index (χ0) is 13.0. The Hall–Kier alpha value is -1.60. The van der Waals surface area contributed by atoms with Crippen molar-refractivity contribution in [2.45, 2.75) is 13.0 Å². The maximum atomic E-state index is 5.68. The second kappa shape index (κ2) is 5.83. The molecule has 2 heterocycles. The summed E-state index contributed by atoms with van der Waals surface area (Å²) >= 11 is 0. The summed E-state index contributed by atoms with van der Waals surface area (Å²) in [6.45, 7) is 6.59. The molecule has 1 aromatic rings. The number of nitrogens with one attached hydrogen (secondary N) is 1. The average Bonchev–Trinajstić information content (AvgIpc) is 2.35. The molecule has 5 N–H and O–H groups in total. The number of rotatable bonds is 4. The number of hydrogen-bond acceptors (Lipinski definition) is 7. The third-order valence-corrected chi connectivity index (χ3v) is 2.94. The van der Waals surface area contributed by atoms with Gasteiger partial charge in [-0.3, -0.25) is 4.90 Å². The van der Waals surface area contributed by atoms with Crippen molar-refractivity contribution < 1.29 is 4.74 Å². The van der Waals surface area contributed by atoms with E-state index >= 15 is 0 Å². The molecule has 1 atom stereocenters. The molecule has 0 saturated carbocycles. The fourth-order valence-electron chi connectivity index (χ4n) is 1.99. The predicted molar refractivity (Wildman–Crippen MR) is 71.2 cm³/mol. The lowest BCUT2D eigenvalue weighted by Crippen LogP contribution is -2.45. The molecule has 2 rings (SSSR count). The van der Waals surface area contributed by atoms with Crippen molar-refractivity contribution in [1.29, 1.82) is 0 Å².